The molecule has 0 saturated heterocycles. The number of carbonyl (C=O) groups excluding carboxylic acids is 2. The Morgan fingerprint density at radius 3 is 2.39 bits per heavy atom. The van der Waals surface area contributed by atoms with E-state index < -0.39 is 18.0 Å². The van der Waals surface area contributed by atoms with Crippen LogP contribution in [-0.2, 0) is 21.4 Å². The van der Waals surface area contributed by atoms with Crippen molar-refractivity contribution in [3.05, 3.63) is 46.4 Å². The van der Waals surface area contributed by atoms with Gasteiger partial charge in [-0.3, -0.25) is 19.1 Å². The van der Waals surface area contributed by atoms with Gasteiger partial charge in [0.15, 0.2) is 6.10 Å². The Morgan fingerprint density at radius 2 is 1.83 bits per heavy atom. The Bertz CT molecular complexity index is 790. The van der Waals surface area contributed by atoms with Gasteiger partial charge in [0.2, 0.25) is 0 Å². The van der Waals surface area contributed by atoms with Gasteiger partial charge in [-0.25, -0.2) is 4.68 Å². The number of amides is 1. The number of rotatable bonds is 4. The third-order valence-electron chi connectivity index (χ3n) is 3.51. The van der Waals surface area contributed by atoms with Crippen LogP contribution < -0.4 is 10.9 Å². The van der Waals surface area contributed by atoms with E-state index in [9.17, 15) is 14.4 Å². The first-order chi connectivity index (χ1) is 10.8. The van der Waals surface area contributed by atoms with E-state index in [0.29, 0.717) is 11.4 Å². The molecule has 1 N–H and O–H groups in total. The number of para-hydroxylation sites is 1. The number of aromatic nitrogens is 2. The van der Waals surface area contributed by atoms with E-state index >= 15 is 0 Å². The van der Waals surface area contributed by atoms with Gasteiger partial charge in [0, 0.05) is 14.0 Å². The summed E-state index contributed by atoms with van der Waals surface area (Å²) in [5.41, 5.74) is 1.11. The Kier molecular flexibility index (Phi) is 4.68. The average molecular weight is 317 g/mol. The van der Waals surface area contributed by atoms with E-state index in [1.165, 1.54) is 18.5 Å². The SMILES string of the molecule is CC(=O)OC(C)C(=O)Nc1c(C)n(C)n(-c2ccccc2)c1=O. The number of nitrogens with one attached hydrogen (secondary N) is 1. The molecule has 1 unspecified atom stereocenters. The lowest BCUT2D eigenvalue weighted by molar-refractivity contribution is -0.150. The number of hydrogen-bond donors (Lipinski definition) is 1. The van der Waals surface area contributed by atoms with Crippen molar-refractivity contribution in [2.45, 2.75) is 26.9 Å². The summed E-state index contributed by atoms with van der Waals surface area (Å²) in [6, 6.07) is 9.10. The van der Waals surface area contributed by atoms with Gasteiger partial charge in [0.25, 0.3) is 11.5 Å². The fourth-order valence-corrected chi connectivity index (χ4v) is 2.24. The zero-order valence-corrected chi connectivity index (χ0v) is 13.5. The number of benzene rings is 1. The summed E-state index contributed by atoms with van der Waals surface area (Å²) in [6.07, 6.45) is -0.975. The van der Waals surface area contributed by atoms with Gasteiger partial charge in [0.05, 0.1) is 11.4 Å². The lowest BCUT2D eigenvalue weighted by Crippen LogP contribution is -2.31. The van der Waals surface area contributed by atoms with Gasteiger partial charge in [-0.15, -0.1) is 0 Å². The Hall–Kier alpha value is -2.83. The molecule has 1 heterocycles. The summed E-state index contributed by atoms with van der Waals surface area (Å²) < 4.78 is 7.94. The maximum Gasteiger partial charge on any atom is 0.303 e. The second-order valence-corrected chi connectivity index (χ2v) is 5.18. The van der Waals surface area contributed by atoms with Crippen molar-refractivity contribution in [1.29, 1.82) is 0 Å². The number of carbonyl (C=O) groups is 2. The largest absolute Gasteiger partial charge is 0.453 e. The predicted molar refractivity (Wildman–Crippen MR) is 85.6 cm³/mol. The van der Waals surface area contributed by atoms with Gasteiger partial charge >= 0.3 is 5.97 Å². The number of anilines is 1. The minimum absolute atomic E-state index is 0.167. The molecule has 0 saturated carbocycles. The van der Waals surface area contributed by atoms with Gasteiger partial charge in [0.1, 0.15) is 5.69 Å². The normalized spacial score (nSPS) is 11.8. The van der Waals surface area contributed by atoms with E-state index in [0.717, 1.165) is 0 Å². The van der Waals surface area contributed by atoms with Crippen LogP contribution in [0.2, 0.25) is 0 Å². The lowest BCUT2D eigenvalue weighted by Gasteiger charge is -2.11. The standard InChI is InChI=1S/C16H19N3O4/c1-10-14(17-15(21)11(2)23-12(3)20)16(22)19(18(10)4)13-8-6-5-7-9-13/h5-9,11H,1-4H3,(H,17,21). The van der Waals surface area contributed by atoms with E-state index in [2.05, 4.69) is 5.32 Å². The maximum atomic E-state index is 12.6. The summed E-state index contributed by atoms with van der Waals surface area (Å²) in [6.45, 7) is 4.40. The topological polar surface area (TPSA) is 82.3 Å². The summed E-state index contributed by atoms with van der Waals surface area (Å²) >= 11 is 0. The van der Waals surface area contributed by atoms with Crippen LogP contribution in [0.15, 0.2) is 35.1 Å². The van der Waals surface area contributed by atoms with Gasteiger partial charge in [-0.05, 0) is 26.0 Å². The molecule has 0 aliphatic carbocycles. The summed E-state index contributed by atoms with van der Waals surface area (Å²) in [5.74, 6) is -1.11. The highest BCUT2D eigenvalue weighted by Crippen LogP contribution is 2.14. The minimum atomic E-state index is -0.975. The van der Waals surface area contributed by atoms with Crippen LogP contribution in [0.1, 0.15) is 19.5 Å². The van der Waals surface area contributed by atoms with Crippen molar-refractivity contribution in [2.24, 2.45) is 7.05 Å². The molecule has 7 nitrogen and oxygen atoms in total. The minimum Gasteiger partial charge on any atom is -0.453 e. The second kappa shape index (κ2) is 6.51. The van der Waals surface area contributed by atoms with Crippen molar-refractivity contribution in [1.82, 2.24) is 9.36 Å². The Balaban J connectivity index is 2.37. The zero-order valence-electron chi connectivity index (χ0n) is 13.5. The molecule has 0 bridgehead atoms. The van der Waals surface area contributed by atoms with Crippen LogP contribution in [0.25, 0.3) is 5.69 Å². The Labute approximate surface area is 133 Å². The molecular weight excluding hydrogens is 298 g/mol. The molecular formula is C16H19N3O4. The molecule has 0 spiro atoms. The van der Waals surface area contributed by atoms with E-state index in [-0.39, 0.29) is 11.2 Å². The molecule has 0 aliphatic heterocycles. The van der Waals surface area contributed by atoms with E-state index in [1.54, 1.807) is 30.8 Å². The molecule has 1 amide bonds. The first-order valence-electron chi connectivity index (χ1n) is 7.15. The highest BCUT2D eigenvalue weighted by Gasteiger charge is 2.22. The highest BCUT2D eigenvalue weighted by molar-refractivity contribution is 5.95. The van der Waals surface area contributed by atoms with Crippen LogP contribution in [0.3, 0.4) is 0 Å². The Morgan fingerprint density at radius 1 is 1.22 bits per heavy atom. The molecule has 2 rings (SSSR count). The number of nitrogens with zero attached hydrogens (tertiary/aromatic N) is 2. The zero-order chi connectivity index (χ0) is 17.1. The van der Waals surface area contributed by atoms with Crippen LogP contribution >= 0.6 is 0 Å². The van der Waals surface area contributed by atoms with E-state index in [4.69, 9.17) is 4.74 Å². The molecule has 1 aromatic carbocycles. The molecule has 0 radical (unpaired) electrons. The molecule has 2 aromatic rings. The quantitative estimate of drug-likeness (QED) is 0.864. The first kappa shape index (κ1) is 16.5. The molecule has 1 aromatic heterocycles. The third kappa shape index (κ3) is 3.33. The van der Waals surface area contributed by atoms with Gasteiger partial charge < -0.3 is 10.1 Å². The molecule has 0 aliphatic rings. The average Bonchev–Trinajstić information content (AvgIpc) is 2.71. The first-order valence-corrected chi connectivity index (χ1v) is 7.15. The summed E-state index contributed by atoms with van der Waals surface area (Å²) in [4.78, 5) is 35.6. The van der Waals surface area contributed by atoms with E-state index in [1.807, 2.05) is 18.2 Å². The van der Waals surface area contributed by atoms with Crippen molar-refractivity contribution in [3.8, 4) is 5.69 Å². The number of esters is 1. The highest BCUT2D eigenvalue weighted by atomic mass is 16.5. The third-order valence-corrected chi connectivity index (χ3v) is 3.51. The van der Waals surface area contributed by atoms with Crippen LogP contribution in [0.5, 0.6) is 0 Å². The monoisotopic (exact) mass is 317 g/mol. The summed E-state index contributed by atoms with van der Waals surface area (Å²) in [7, 11) is 1.73. The van der Waals surface area contributed by atoms with Crippen LogP contribution in [0.4, 0.5) is 5.69 Å². The van der Waals surface area contributed by atoms with Gasteiger partial charge in [-0.1, -0.05) is 18.2 Å². The van der Waals surface area contributed by atoms with Gasteiger partial charge in [-0.2, -0.15) is 0 Å². The lowest BCUT2D eigenvalue weighted by atomic mass is 10.3. The molecule has 23 heavy (non-hydrogen) atoms. The second-order valence-electron chi connectivity index (χ2n) is 5.18. The van der Waals surface area contributed by atoms with Crippen molar-refractivity contribution >= 4 is 17.6 Å². The molecule has 1 atom stereocenters. The van der Waals surface area contributed by atoms with Crippen molar-refractivity contribution < 1.29 is 14.3 Å². The smallest absolute Gasteiger partial charge is 0.303 e. The fraction of sp³-hybridized carbons (Fsp3) is 0.312. The van der Waals surface area contributed by atoms with Crippen LogP contribution in [0, 0.1) is 6.92 Å². The van der Waals surface area contributed by atoms with Crippen molar-refractivity contribution in [3.63, 3.8) is 0 Å². The number of hydrogen-bond acceptors (Lipinski definition) is 4. The number of ether oxygens (including phenoxy) is 1. The molecule has 7 heteroatoms. The maximum absolute atomic E-state index is 12.6. The molecule has 122 valence electrons. The fourth-order valence-electron chi connectivity index (χ4n) is 2.24. The summed E-state index contributed by atoms with van der Waals surface area (Å²) in [5, 5.41) is 2.54. The van der Waals surface area contributed by atoms with Crippen LogP contribution in [-0.4, -0.2) is 27.3 Å². The van der Waals surface area contributed by atoms with Crippen molar-refractivity contribution in [2.75, 3.05) is 5.32 Å². The molecule has 0 fully saturated rings. The predicted octanol–water partition coefficient (Wildman–Crippen LogP) is 1.37.